The minimum Gasteiger partial charge on any atom is -0.394 e. The second-order valence-electron chi connectivity index (χ2n) is 12.3. The molecule has 0 radical (unpaired) electrons. The summed E-state index contributed by atoms with van der Waals surface area (Å²) in [6.07, 6.45) is -35.1. The van der Waals surface area contributed by atoms with Crippen molar-refractivity contribution in [3.8, 4) is 0 Å². The molecule has 0 saturated carbocycles. The molecule has 4 saturated heterocycles. The van der Waals surface area contributed by atoms with Crippen molar-refractivity contribution >= 4 is 5.91 Å². The van der Waals surface area contributed by atoms with E-state index in [1.54, 1.807) is 0 Å². The molecule has 0 aromatic heterocycles. The Morgan fingerprint density at radius 3 is 1.65 bits per heavy atom. The van der Waals surface area contributed by atoms with Crippen LogP contribution in [0.4, 0.5) is 0 Å². The smallest absolute Gasteiger partial charge is 0.224 e. The van der Waals surface area contributed by atoms with E-state index in [2.05, 4.69) is 5.32 Å². The lowest BCUT2D eigenvalue weighted by molar-refractivity contribution is -0.435. The maximum atomic E-state index is 12.9. The molecule has 4 fully saturated rings. The predicted octanol–water partition coefficient (Wildman–Crippen LogP) is -8.77. The largest absolute Gasteiger partial charge is 0.394 e. The molecule has 0 aromatic carbocycles. The second kappa shape index (κ2) is 13.9. The Balaban J connectivity index is 1.91. The molecule has 1 amide bonds. The highest BCUT2D eigenvalue weighted by Crippen LogP contribution is 2.49. The zero-order valence-electron chi connectivity index (χ0n) is 25.1. The van der Waals surface area contributed by atoms with Crippen molar-refractivity contribution in [2.24, 2.45) is 0 Å². The minimum absolute atomic E-state index is 0.878. The first-order valence-corrected chi connectivity index (χ1v) is 14.7. The van der Waals surface area contributed by atoms with E-state index in [0.29, 0.717) is 0 Å². The molecule has 0 spiro atoms. The third-order valence-corrected chi connectivity index (χ3v) is 9.31. The number of hydrogen-bond acceptors (Lipinski definition) is 19. The summed E-state index contributed by atoms with van der Waals surface area (Å²) in [5, 5.41) is 142. The fourth-order valence-electron chi connectivity index (χ4n) is 6.71. The van der Waals surface area contributed by atoms with E-state index >= 15 is 0 Å². The average Bonchev–Trinajstić information content (AvgIpc) is 3.01. The summed E-state index contributed by atoms with van der Waals surface area (Å²) in [7, 11) is 0. The summed E-state index contributed by atoms with van der Waals surface area (Å²) in [6, 6.07) is 0. The van der Waals surface area contributed by atoms with Crippen molar-refractivity contribution < 1.29 is 94.9 Å². The number of amides is 1. The van der Waals surface area contributed by atoms with Gasteiger partial charge in [-0.15, -0.1) is 0 Å². The Morgan fingerprint density at radius 2 is 1.15 bits per heavy atom. The second-order valence-corrected chi connectivity index (χ2v) is 12.3. The molecule has 4 heterocycles. The molecule has 4 aliphatic rings. The predicted molar refractivity (Wildman–Crippen MR) is 143 cm³/mol. The molecular formula is C26H45NO19. The molecule has 20 heteroatoms. The first-order chi connectivity index (χ1) is 21.4. The van der Waals surface area contributed by atoms with Gasteiger partial charge in [0.15, 0.2) is 11.8 Å². The van der Waals surface area contributed by atoms with Crippen molar-refractivity contribution in [1.29, 1.82) is 0 Å². The lowest BCUT2D eigenvalue weighted by Gasteiger charge is -2.63. The zero-order valence-corrected chi connectivity index (χ0v) is 25.1. The van der Waals surface area contributed by atoms with Crippen LogP contribution in [0.5, 0.6) is 0 Å². The summed E-state index contributed by atoms with van der Waals surface area (Å²) in [5.41, 5.74) is -3.05. The van der Waals surface area contributed by atoms with E-state index in [4.69, 9.17) is 23.7 Å². The molecule has 4 aliphatic heterocycles. The fraction of sp³-hybridized carbons (Fsp3) is 0.962. The highest BCUT2D eigenvalue weighted by molar-refractivity contribution is 5.74. The van der Waals surface area contributed by atoms with Gasteiger partial charge in [0.05, 0.1) is 25.4 Å². The van der Waals surface area contributed by atoms with Crippen molar-refractivity contribution in [2.75, 3.05) is 13.2 Å². The maximum Gasteiger partial charge on any atom is 0.224 e. The van der Waals surface area contributed by atoms with Gasteiger partial charge >= 0.3 is 0 Å². The molecule has 4 rings (SSSR count). The van der Waals surface area contributed by atoms with Gasteiger partial charge in [-0.05, 0) is 13.8 Å². The number of hydrogen-bond donors (Lipinski definition) is 14. The third kappa shape index (κ3) is 5.97. The molecule has 14 N–H and O–H groups in total. The molecule has 3 unspecified atom stereocenters. The first kappa shape index (κ1) is 37.6. The summed E-state index contributed by atoms with van der Waals surface area (Å²) < 4.78 is 28.3. The average molecular weight is 676 g/mol. The molecule has 0 bridgehead atoms. The highest BCUT2D eigenvalue weighted by atomic mass is 16.7. The van der Waals surface area contributed by atoms with Gasteiger partial charge < -0.3 is 95.4 Å². The summed E-state index contributed by atoms with van der Waals surface area (Å²) in [5.74, 6) is -4.44. The van der Waals surface area contributed by atoms with E-state index in [9.17, 15) is 71.2 Å². The van der Waals surface area contributed by atoms with Crippen LogP contribution in [0.2, 0.25) is 0 Å². The van der Waals surface area contributed by atoms with Gasteiger partial charge in [0.2, 0.25) is 11.7 Å². The SMILES string of the molecule is CC(=O)N[C@]1(C2O[C@@H](C)[C@@H](O)[C@@H](O)[C@@H]2O)[C@@H](O)[C@H](O[C@@H]2O[C@H](CO)[C@H](O)[C@H](O)[C@H]2O)[C@@H](CO)OC1(O)C1O[C@@H](C)[C@@H](O)[C@@H](O)[C@@H]1O. The highest BCUT2D eigenvalue weighted by Gasteiger charge is 2.76. The van der Waals surface area contributed by atoms with E-state index in [-0.39, 0.29) is 0 Å². The molecular weight excluding hydrogens is 630 g/mol. The number of aliphatic hydroxyl groups excluding tert-OH is 12. The normalized spacial score (nSPS) is 55.1. The van der Waals surface area contributed by atoms with E-state index in [1.165, 1.54) is 13.8 Å². The van der Waals surface area contributed by atoms with Gasteiger partial charge in [0.1, 0.15) is 91.6 Å². The Bertz CT molecular complexity index is 1060. The summed E-state index contributed by atoms with van der Waals surface area (Å²) in [4.78, 5) is 12.9. The Morgan fingerprint density at radius 1 is 0.674 bits per heavy atom. The molecule has 268 valence electrons. The minimum atomic E-state index is -3.37. The van der Waals surface area contributed by atoms with E-state index in [0.717, 1.165) is 6.92 Å². The van der Waals surface area contributed by atoms with Crippen molar-refractivity contribution in [3.63, 3.8) is 0 Å². The van der Waals surface area contributed by atoms with Gasteiger partial charge in [-0.25, -0.2) is 0 Å². The number of rotatable bonds is 7. The van der Waals surface area contributed by atoms with Crippen LogP contribution < -0.4 is 5.32 Å². The number of carbonyl (C=O) groups is 1. The first-order valence-electron chi connectivity index (χ1n) is 14.7. The van der Waals surface area contributed by atoms with Crippen LogP contribution in [0.25, 0.3) is 0 Å². The lowest BCUT2D eigenvalue weighted by Crippen LogP contribution is -2.90. The summed E-state index contributed by atoms with van der Waals surface area (Å²) in [6.45, 7) is 1.35. The molecule has 0 aliphatic carbocycles. The number of ether oxygens (including phenoxy) is 5. The molecule has 20 atom stereocenters. The standard InChI is InChI=1S/C26H45NO19/c1-6-11(31)14(34)17(37)22(42-6)25(27-8(3)30)21(40)20(45-24-19(39)16(36)13(33)9(4-28)44-24)10(5-29)46-26(25,41)23-18(38)15(35)12(32)7(2)43-23/h6-7,9-24,28-29,31-41H,4-5H2,1-3H3,(H,27,30)/t6-,7-,9+,10+,11+,12+,13-,14+,15+,16-,17-,18-,19+,20+,21-,22?,23?,24-,25-,26?/m0/s1. The number of nitrogens with one attached hydrogen (secondary N) is 1. The number of aliphatic hydroxyl groups is 13. The van der Waals surface area contributed by atoms with Gasteiger partial charge in [-0.1, -0.05) is 0 Å². The van der Waals surface area contributed by atoms with Crippen LogP contribution in [0.1, 0.15) is 20.8 Å². The maximum absolute atomic E-state index is 12.9. The van der Waals surface area contributed by atoms with Gasteiger partial charge in [0.25, 0.3) is 0 Å². The van der Waals surface area contributed by atoms with Crippen molar-refractivity contribution in [2.45, 2.75) is 142 Å². The zero-order chi connectivity index (χ0) is 34.6. The fourth-order valence-corrected chi connectivity index (χ4v) is 6.71. The number of carbonyl (C=O) groups excluding carboxylic acids is 1. The van der Waals surface area contributed by atoms with Crippen LogP contribution in [-0.4, -0.2) is 207 Å². The van der Waals surface area contributed by atoms with Crippen LogP contribution in [0.3, 0.4) is 0 Å². The Labute approximate surface area is 261 Å². The van der Waals surface area contributed by atoms with Crippen LogP contribution in [0, 0.1) is 0 Å². The van der Waals surface area contributed by atoms with Crippen LogP contribution >= 0.6 is 0 Å². The topological polar surface area (TPSA) is 338 Å². The van der Waals surface area contributed by atoms with E-state index < -0.39 is 141 Å². The third-order valence-electron chi connectivity index (χ3n) is 9.31. The van der Waals surface area contributed by atoms with Crippen LogP contribution in [0.15, 0.2) is 0 Å². The van der Waals surface area contributed by atoms with Crippen LogP contribution in [-0.2, 0) is 28.5 Å². The quantitative estimate of drug-likeness (QED) is 0.119. The van der Waals surface area contributed by atoms with Gasteiger partial charge in [-0.3, -0.25) is 4.79 Å². The lowest BCUT2D eigenvalue weighted by atomic mass is 9.66. The summed E-state index contributed by atoms with van der Waals surface area (Å²) >= 11 is 0. The van der Waals surface area contributed by atoms with Crippen molar-refractivity contribution in [3.05, 3.63) is 0 Å². The molecule has 20 nitrogen and oxygen atoms in total. The molecule has 46 heavy (non-hydrogen) atoms. The van der Waals surface area contributed by atoms with Gasteiger partial charge in [0, 0.05) is 6.92 Å². The molecule has 0 aromatic rings. The Kier molecular flexibility index (Phi) is 11.4. The van der Waals surface area contributed by atoms with Crippen molar-refractivity contribution in [1.82, 2.24) is 5.32 Å². The van der Waals surface area contributed by atoms with Gasteiger partial charge in [-0.2, -0.15) is 0 Å². The Hall–Kier alpha value is -1.25. The van der Waals surface area contributed by atoms with E-state index in [1.807, 2.05) is 0 Å². The monoisotopic (exact) mass is 675 g/mol.